The smallest absolute Gasteiger partial charge is 0.407 e. The maximum atomic E-state index is 11.9. The third-order valence-corrected chi connectivity index (χ3v) is 8.38. The lowest BCUT2D eigenvalue weighted by Gasteiger charge is -2.42. The molecular formula is C36H62N4O19. The molecule has 10 N–H and O–H groups in total. The molecule has 23 nitrogen and oxygen atoms in total. The topological polar surface area (TPSA) is 321 Å². The monoisotopic (exact) mass is 854 g/mol. The summed E-state index contributed by atoms with van der Waals surface area (Å²) in [6.07, 6.45) is -4.10. The second-order valence-corrected chi connectivity index (χ2v) is 13.1. The van der Waals surface area contributed by atoms with Crippen LogP contribution in [0.5, 0.6) is 0 Å². The van der Waals surface area contributed by atoms with Crippen LogP contribution in [-0.2, 0) is 52.2 Å². The van der Waals surface area contributed by atoms with Crippen molar-refractivity contribution in [3.63, 3.8) is 0 Å². The highest BCUT2D eigenvalue weighted by molar-refractivity contribution is 5.73. The van der Waals surface area contributed by atoms with Crippen LogP contribution in [0.25, 0.3) is 0 Å². The van der Waals surface area contributed by atoms with Crippen molar-refractivity contribution in [1.29, 1.82) is 0 Å². The lowest BCUT2D eigenvalue weighted by Crippen LogP contribution is -2.64. The number of ether oxygens (including phenoxy) is 9. The maximum Gasteiger partial charge on any atom is 0.407 e. The molecule has 0 radical (unpaired) electrons. The molecule has 2 rings (SSSR count). The van der Waals surface area contributed by atoms with E-state index in [1.807, 2.05) is 0 Å². The van der Waals surface area contributed by atoms with Gasteiger partial charge in [0.1, 0.15) is 61.9 Å². The van der Waals surface area contributed by atoms with Crippen molar-refractivity contribution in [2.45, 2.75) is 88.0 Å². The predicted octanol–water partition coefficient (Wildman–Crippen LogP) is -3.70. The largest absolute Gasteiger partial charge is 0.445 e. The van der Waals surface area contributed by atoms with E-state index in [9.17, 15) is 49.8 Å². The average molecular weight is 855 g/mol. The van der Waals surface area contributed by atoms with Gasteiger partial charge in [0.25, 0.3) is 0 Å². The zero-order chi connectivity index (χ0) is 43.4. The average Bonchev–Trinajstić information content (AvgIpc) is 3.20. The first-order valence-corrected chi connectivity index (χ1v) is 19.3. The van der Waals surface area contributed by atoms with E-state index in [1.165, 1.54) is 26.0 Å². The third-order valence-electron chi connectivity index (χ3n) is 8.38. The van der Waals surface area contributed by atoms with Gasteiger partial charge < -0.3 is 94.5 Å². The standard InChI is InChI=1S/C36H62N4O19/c1-23(43)39-27-31(47)29(45)25(21-41)58-33(27)54-13-3-5-15-56-35(49)37-9-7-11-51-17-19-53-20-18-52-12-8-10-38-36(50)57-16-6-4-14-55-34-28(40-24(2)44)32(48)30(46)26(22-42)59-34/h3-6,25-34,41-42,45-48H,7-22H2,1-2H3,(H,37,49)(H,38,50)(H,39,43)(H,40,44)/b5-3-,6-4+/t25-,26-,27-,28-,29-,30-,31-,32-,33-,34-/m1/s1. The Morgan fingerprint density at radius 1 is 0.542 bits per heavy atom. The van der Waals surface area contributed by atoms with Crippen LogP contribution in [0.3, 0.4) is 0 Å². The first-order chi connectivity index (χ1) is 28.4. The molecule has 2 saturated heterocycles. The lowest BCUT2D eigenvalue weighted by molar-refractivity contribution is -0.267. The normalized spacial score (nSPS) is 27.1. The fraction of sp³-hybridized carbons (Fsp3) is 0.778. The van der Waals surface area contributed by atoms with Gasteiger partial charge in [-0.2, -0.15) is 0 Å². The van der Waals surface area contributed by atoms with Crippen LogP contribution < -0.4 is 21.3 Å². The van der Waals surface area contributed by atoms with Gasteiger partial charge in [0.05, 0.1) is 52.9 Å². The minimum Gasteiger partial charge on any atom is -0.445 e. The van der Waals surface area contributed by atoms with Gasteiger partial charge in [-0.3, -0.25) is 9.59 Å². The molecule has 2 aliphatic rings. The summed E-state index contributed by atoms with van der Waals surface area (Å²) in [5, 5.41) is 69.5. The first kappa shape index (κ1) is 51.6. The molecule has 59 heavy (non-hydrogen) atoms. The Morgan fingerprint density at radius 2 is 0.898 bits per heavy atom. The van der Waals surface area contributed by atoms with Crippen molar-refractivity contribution < 1.29 is 92.4 Å². The number of carbonyl (C=O) groups excluding carboxylic acids is 4. The van der Waals surface area contributed by atoms with E-state index in [0.29, 0.717) is 65.6 Å². The molecule has 0 unspecified atom stereocenters. The summed E-state index contributed by atoms with van der Waals surface area (Å²) in [5.41, 5.74) is 0. The van der Waals surface area contributed by atoms with Crippen molar-refractivity contribution in [2.24, 2.45) is 0 Å². The maximum absolute atomic E-state index is 11.9. The number of rotatable bonds is 28. The second-order valence-electron chi connectivity index (χ2n) is 13.1. The van der Waals surface area contributed by atoms with Gasteiger partial charge in [-0.25, -0.2) is 9.59 Å². The van der Waals surface area contributed by atoms with Gasteiger partial charge in [0.15, 0.2) is 12.6 Å². The number of alkyl carbamates (subject to hydrolysis) is 2. The van der Waals surface area contributed by atoms with Crippen LogP contribution in [0.1, 0.15) is 26.7 Å². The summed E-state index contributed by atoms with van der Waals surface area (Å²) in [4.78, 5) is 46.7. The van der Waals surface area contributed by atoms with Gasteiger partial charge in [0, 0.05) is 40.2 Å². The van der Waals surface area contributed by atoms with Crippen LogP contribution in [-0.4, -0.2) is 208 Å². The second kappa shape index (κ2) is 30.5. The van der Waals surface area contributed by atoms with E-state index in [2.05, 4.69) is 21.3 Å². The van der Waals surface area contributed by atoms with E-state index in [-0.39, 0.29) is 26.4 Å². The summed E-state index contributed by atoms with van der Waals surface area (Å²) < 4.78 is 48.4. The van der Waals surface area contributed by atoms with Gasteiger partial charge in [-0.1, -0.05) is 12.2 Å². The fourth-order valence-electron chi connectivity index (χ4n) is 5.42. The van der Waals surface area contributed by atoms with E-state index >= 15 is 0 Å². The molecule has 0 aliphatic carbocycles. The van der Waals surface area contributed by atoms with Gasteiger partial charge >= 0.3 is 12.2 Å². The SMILES string of the molecule is CC(=O)N[C@H]1[C@H](OC/C=C\COC(=O)NCCCOCCOCCOCCCNC(=O)OC/C=C/CO[C@@H]2O[C@H](CO)[C@@H](O)[C@H](O)[C@H]2NC(C)=O)O[C@H](CO)[C@@H](O)[C@@H]1O. The minimum absolute atomic E-state index is 0.0269. The molecule has 2 fully saturated rings. The first-order valence-electron chi connectivity index (χ1n) is 19.3. The highest BCUT2D eigenvalue weighted by Crippen LogP contribution is 2.23. The quantitative estimate of drug-likeness (QED) is 0.0267. The number of aliphatic hydroxyl groups excluding tert-OH is 6. The molecule has 0 aromatic rings. The zero-order valence-electron chi connectivity index (χ0n) is 33.4. The zero-order valence-corrected chi connectivity index (χ0v) is 33.4. The summed E-state index contributed by atoms with van der Waals surface area (Å²) in [6, 6.07) is -2.11. The molecule has 0 aromatic carbocycles. The summed E-state index contributed by atoms with van der Waals surface area (Å²) >= 11 is 0. The molecule has 2 aliphatic heterocycles. The molecule has 340 valence electrons. The Labute approximate surface area is 342 Å². The van der Waals surface area contributed by atoms with Crippen LogP contribution in [0.15, 0.2) is 24.3 Å². The van der Waals surface area contributed by atoms with Gasteiger partial charge in [-0.05, 0) is 25.0 Å². The number of carbonyl (C=O) groups is 4. The van der Waals surface area contributed by atoms with E-state index in [1.54, 1.807) is 12.2 Å². The highest BCUT2D eigenvalue weighted by atomic mass is 16.7. The molecule has 2 heterocycles. The van der Waals surface area contributed by atoms with Crippen molar-refractivity contribution in [3.05, 3.63) is 24.3 Å². The summed E-state index contributed by atoms with van der Waals surface area (Å²) in [7, 11) is 0. The van der Waals surface area contributed by atoms with Crippen LogP contribution in [0.4, 0.5) is 9.59 Å². The number of nitrogens with one attached hydrogen (secondary N) is 4. The molecule has 4 amide bonds. The lowest BCUT2D eigenvalue weighted by atomic mass is 9.97. The molecule has 0 aromatic heterocycles. The molecular weight excluding hydrogens is 792 g/mol. The van der Waals surface area contributed by atoms with Crippen molar-refractivity contribution >= 4 is 24.0 Å². The van der Waals surface area contributed by atoms with Gasteiger partial charge in [0.2, 0.25) is 11.8 Å². The molecule has 0 spiro atoms. The Bertz CT molecular complexity index is 1170. The predicted molar refractivity (Wildman–Crippen MR) is 201 cm³/mol. The number of hydrogen-bond acceptors (Lipinski definition) is 19. The molecule has 0 bridgehead atoms. The van der Waals surface area contributed by atoms with E-state index in [4.69, 9.17) is 42.6 Å². The summed E-state index contributed by atoms with van der Waals surface area (Å²) in [5.74, 6) is -0.930. The number of hydrogen-bond donors (Lipinski definition) is 10. The third kappa shape index (κ3) is 21.0. The van der Waals surface area contributed by atoms with Crippen LogP contribution in [0.2, 0.25) is 0 Å². The number of aliphatic hydroxyl groups is 6. The molecule has 23 heteroatoms. The Morgan fingerprint density at radius 3 is 1.25 bits per heavy atom. The van der Waals surface area contributed by atoms with E-state index < -0.39 is 98.5 Å². The highest BCUT2D eigenvalue weighted by Gasteiger charge is 2.46. The Balaban J connectivity index is 1.37. The molecule has 10 atom stereocenters. The molecule has 0 saturated carbocycles. The summed E-state index contributed by atoms with van der Waals surface area (Å²) in [6.45, 7) is 4.10. The Hall–Kier alpha value is -3.56. The van der Waals surface area contributed by atoms with Crippen LogP contribution in [0, 0.1) is 0 Å². The van der Waals surface area contributed by atoms with Gasteiger partial charge in [-0.15, -0.1) is 0 Å². The Kier molecular flexibility index (Phi) is 26.6. The minimum atomic E-state index is -1.41. The van der Waals surface area contributed by atoms with E-state index in [0.717, 1.165) is 0 Å². The van der Waals surface area contributed by atoms with Crippen molar-refractivity contribution in [1.82, 2.24) is 21.3 Å². The van der Waals surface area contributed by atoms with Crippen molar-refractivity contribution in [3.8, 4) is 0 Å². The van der Waals surface area contributed by atoms with Crippen molar-refractivity contribution in [2.75, 3.05) is 92.4 Å². The fourth-order valence-corrected chi connectivity index (χ4v) is 5.42. The van der Waals surface area contributed by atoms with Crippen LogP contribution >= 0.6 is 0 Å². The number of amides is 4.